The molecule has 0 fully saturated rings. The second kappa shape index (κ2) is 4.02. The third-order valence-electron chi connectivity index (χ3n) is 2.31. The van der Waals surface area contributed by atoms with Crippen LogP contribution in [0.1, 0.15) is 12.5 Å². The van der Waals surface area contributed by atoms with Crippen molar-refractivity contribution in [3.63, 3.8) is 0 Å². The molecule has 0 radical (unpaired) electrons. The van der Waals surface area contributed by atoms with Gasteiger partial charge in [-0.1, -0.05) is 0 Å². The molecule has 0 saturated heterocycles. The normalized spacial score (nSPS) is 15.2. The molecule has 1 unspecified atom stereocenters. The van der Waals surface area contributed by atoms with Gasteiger partial charge < -0.3 is 10.5 Å². The lowest BCUT2D eigenvalue weighted by Gasteiger charge is -2.26. The Hall–Kier alpha value is -1.00. The Labute approximate surface area is 81.7 Å². The van der Waals surface area contributed by atoms with E-state index >= 15 is 0 Å². The zero-order valence-electron chi connectivity index (χ0n) is 8.18. The quantitative estimate of drug-likeness (QED) is 0.809. The molecule has 0 aliphatic rings. The third kappa shape index (κ3) is 2.08. The number of benzene rings is 1. The minimum Gasteiger partial charge on any atom is -0.372 e. The minimum absolute atomic E-state index is 0.159. The molecule has 0 aliphatic carbocycles. The van der Waals surface area contributed by atoms with Crippen molar-refractivity contribution in [2.45, 2.75) is 12.5 Å². The summed E-state index contributed by atoms with van der Waals surface area (Å²) in [6, 6.07) is 3.26. The smallest absolute Gasteiger partial charge is 0.126 e. The molecule has 0 bridgehead atoms. The van der Waals surface area contributed by atoms with Crippen molar-refractivity contribution in [2.24, 2.45) is 5.73 Å². The molecule has 2 nitrogen and oxygen atoms in total. The zero-order valence-corrected chi connectivity index (χ0v) is 8.18. The van der Waals surface area contributed by atoms with Crippen LogP contribution in [-0.2, 0) is 10.3 Å². The predicted octanol–water partition coefficient (Wildman–Crippen LogP) is 1.79. The van der Waals surface area contributed by atoms with Crippen LogP contribution in [0.15, 0.2) is 18.2 Å². The van der Waals surface area contributed by atoms with Crippen LogP contribution in [0.4, 0.5) is 8.78 Å². The summed E-state index contributed by atoms with van der Waals surface area (Å²) in [5, 5.41) is 0. The molecule has 1 atom stereocenters. The van der Waals surface area contributed by atoms with E-state index in [2.05, 4.69) is 0 Å². The van der Waals surface area contributed by atoms with Gasteiger partial charge in [0.1, 0.15) is 17.2 Å². The van der Waals surface area contributed by atoms with Gasteiger partial charge >= 0.3 is 0 Å². The maximum absolute atomic E-state index is 12.9. The Bertz CT molecular complexity index is 304. The SMILES string of the molecule is COC(C)(CN)c1cc(F)cc(F)c1. The van der Waals surface area contributed by atoms with Crippen molar-refractivity contribution in [3.8, 4) is 0 Å². The van der Waals surface area contributed by atoms with E-state index in [0.29, 0.717) is 5.56 Å². The van der Waals surface area contributed by atoms with Crippen molar-refractivity contribution in [1.82, 2.24) is 0 Å². The zero-order chi connectivity index (χ0) is 10.8. The van der Waals surface area contributed by atoms with Crippen molar-refractivity contribution in [2.75, 3.05) is 13.7 Å². The second-order valence-corrected chi connectivity index (χ2v) is 3.30. The molecule has 78 valence electrons. The number of methoxy groups -OCH3 is 1. The fourth-order valence-corrected chi connectivity index (χ4v) is 1.18. The summed E-state index contributed by atoms with van der Waals surface area (Å²) in [5.74, 6) is -1.26. The number of rotatable bonds is 3. The van der Waals surface area contributed by atoms with Crippen molar-refractivity contribution in [3.05, 3.63) is 35.4 Å². The molecule has 0 heterocycles. The van der Waals surface area contributed by atoms with Gasteiger partial charge in [-0.3, -0.25) is 0 Å². The molecule has 4 heteroatoms. The Kier molecular flexibility index (Phi) is 3.18. The number of halogens is 2. The van der Waals surface area contributed by atoms with Gasteiger partial charge in [-0.05, 0) is 24.6 Å². The van der Waals surface area contributed by atoms with Crippen LogP contribution in [-0.4, -0.2) is 13.7 Å². The molecule has 14 heavy (non-hydrogen) atoms. The van der Waals surface area contributed by atoms with Crippen LogP contribution in [0.3, 0.4) is 0 Å². The van der Waals surface area contributed by atoms with Gasteiger partial charge in [0.05, 0.1) is 0 Å². The topological polar surface area (TPSA) is 35.2 Å². The molecule has 1 aromatic rings. The van der Waals surface area contributed by atoms with E-state index < -0.39 is 17.2 Å². The standard InChI is InChI=1S/C10H13F2NO/c1-10(6-13,14-2)7-3-8(11)5-9(12)4-7/h3-5H,6,13H2,1-2H3. The fraction of sp³-hybridized carbons (Fsp3) is 0.400. The first-order valence-electron chi connectivity index (χ1n) is 4.23. The lowest BCUT2D eigenvalue weighted by atomic mass is 9.96. The Morgan fingerprint density at radius 1 is 1.29 bits per heavy atom. The average molecular weight is 201 g/mol. The Morgan fingerprint density at radius 2 is 1.79 bits per heavy atom. The Morgan fingerprint density at radius 3 is 2.14 bits per heavy atom. The van der Waals surface area contributed by atoms with E-state index in [4.69, 9.17) is 10.5 Å². The first-order valence-corrected chi connectivity index (χ1v) is 4.23. The molecule has 2 N–H and O–H groups in total. The van der Waals surface area contributed by atoms with E-state index in [9.17, 15) is 8.78 Å². The minimum atomic E-state index is -0.844. The summed E-state index contributed by atoms with van der Waals surface area (Å²) in [5.41, 5.74) is 5.04. The van der Waals surface area contributed by atoms with Gasteiger partial charge in [0, 0.05) is 19.7 Å². The summed E-state index contributed by atoms with van der Waals surface area (Å²) >= 11 is 0. The highest BCUT2D eigenvalue weighted by molar-refractivity contribution is 5.24. The molecule has 0 spiro atoms. The third-order valence-corrected chi connectivity index (χ3v) is 2.31. The van der Waals surface area contributed by atoms with E-state index in [1.165, 1.54) is 19.2 Å². The van der Waals surface area contributed by atoms with Crippen molar-refractivity contribution >= 4 is 0 Å². The predicted molar refractivity (Wildman–Crippen MR) is 49.8 cm³/mol. The van der Waals surface area contributed by atoms with Crippen LogP contribution in [0, 0.1) is 11.6 Å². The van der Waals surface area contributed by atoms with Gasteiger partial charge in [-0.2, -0.15) is 0 Å². The van der Waals surface area contributed by atoms with Gasteiger partial charge in [0.25, 0.3) is 0 Å². The summed E-state index contributed by atoms with van der Waals surface area (Å²) < 4.78 is 30.9. The number of hydrogen-bond donors (Lipinski definition) is 1. The molecular weight excluding hydrogens is 188 g/mol. The van der Waals surface area contributed by atoms with E-state index in [1.807, 2.05) is 0 Å². The lowest BCUT2D eigenvalue weighted by molar-refractivity contribution is 0.00959. The van der Waals surface area contributed by atoms with Crippen molar-refractivity contribution < 1.29 is 13.5 Å². The van der Waals surface area contributed by atoms with Crippen LogP contribution in [0.5, 0.6) is 0 Å². The second-order valence-electron chi connectivity index (χ2n) is 3.30. The summed E-state index contributed by atoms with van der Waals surface area (Å²) in [6.07, 6.45) is 0. The molecule has 1 aromatic carbocycles. The van der Waals surface area contributed by atoms with Gasteiger partial charge in [-0.15, -0.1) is 0 Å². The summed E-state index contributed by atoms with van der Waals surface area (Å²) in [4.78, 5) is 0. The van der Waals surface area contributed by atoms with Crippen LogP contribution in [0.25, 0.3) is 0 Å². The van der Waals surface area contributed by atoms with E-state index in [1.54, 1.807) is 6.92 Å². The van der Waals surface area contributed by atoms with Gasteiger partial charge in [-0.25, -0.2) is 8.78 Å². The summed E-state index contributed by atoms with van der Waals surface area (Å²) in [6.45, 7) is 1.84. The summed E-state index contributed by atoms with van der Waals surface area (Å²) in [7, 11) is 1.45. The number of ether oxygens (including phenoxy) is 1. The highest BCUT2D eigenvalue weighted by atomic mass is 19.1. The Balaban J connectivity index is 3.17. The molecule has 1 rings (SSSR count). The van der Waals surface area contributed by atoms with Crippen molar-refractivity contribution in [1.29, 1.82) is 0 Å². The highest BCUT2D eigenvalue weighted by Crippen LogP contribution is 2.24. The first kappa shape index (κ1) is 11.1. The first-order chi connectivity index (χ1) is 6.51. The fourth-order valence-electron chi connectivity index (χ4n) is 1.18. The van der Waals surface area contributed by atoms with Crippen LogP contribution >= 0.6 is 0 Å². The van der Waals surface area contributed by atoms with Crippen LogP contribution in [0.2, 0.25) is 0 Å². The lowest BCUT2D eigenvalue weighted by Crippen LogP contribution is -2.33. The maximum Gasteiger partial charge on any atom is 0.126 e. The monoisotopic (exact) mass is 201 g/mol. The average Bonchev–Trinajstić information content (AvgIpc) is 2.15. The molecule has 0 saturated carbocycles. The van der Waals surface area contributed by atoms with Crippen LogP contribution < -0.4 is 5.73 Å². The number of hydrogen-bond acceptors (Lipinski definition) is 2. The molecule has 0 aliphatic heterocycles. The van der Waals surface area contributed by atoms with E-state index in [-0.39, 0.29) is 6.54 Å². The number of nitrogens with two attached hydrogens (primary N) is 1. The van der Waals surface area contributed by atoms with Gasteiger partial charge in [0.15, 0.2) is 0 Å². The molecular formula is C10H13F2NO. The largest absolute Gasteiger partial charge is 0.372 e. The molecule has 0 aromatic heterocycles. The van der Waals surface area contributed by atoms with Gasteiger partial charge in [0.2, 0.25) is 0 Å². The molecule has 0 amide bonds. The maximum atomic E-state index is 12.9. The van der Waals surface area contributed by atoms with E-state index in [0.717, 1.165) is 6.07 Å². The highest BCUT2D eigenvalue weighted by Gasteiger charge is 2.25.